The fraction of sp³-hybridized carbons (Fsp3) is 0.318. The maximum Gasteiger partial charge on any atom is 0.242 e. The Hall–Kier alpha value is -3.39. The van der Waals surface area contributed by atoms with Crippen molar-refractivity contribution >= 4 is 17.6 Å². The molecule has 0 aliphatic heterocycles. The van der Waals surface area contributed by atoms with Gasteiger partial charge in [0.05, 0.1) is 6.54 Å². The molecule has 0 heterocycles. The third-order valence-electron chi connectivity index (χ3n) is 4.70. The number of benzene rings is 2. The van der Waals surface area contributed by atoms with Crippen LogP contribution < -0.4 is 21.7 Å². The Balaban J connectivity index is 1.69. The smallest absolute Gasteiger partial charge is 0.242 e. The van der Waals surface area contributed by atoms with Crippen LogP contribution in [0.5, 0.6) is 0 Å². The van der Waals surface area contributed by atoms with Crippen molar-refractivity contribution in [3.8, 4) is 0 Å². The van der Waals surface area contributed by atoms with Gasteiger partial charge in [0.25, 0.3) is 0 Å². The lowest BCUT2D eigenvalue weighted by Crippen LogP contribution is -2.47. The van der Waals surface area contributed by atoms with Crippen LogP contribution >= 0.6 is 0 Å². The normalized spacial score (nSPS) is 13.3. The first kappa shape index (κ1) is 22.9. The summed E-state index contributed by atoms with van der Waals surface area (Å²) < 4.78 is 0. The molecule has 0 radical (unpaired) electrons. The van der Waals surface area contributed by atoms with E-state index in [2.05, 4.69) is 40.2 Å². The third kappa shape index (κ3) is 7.21. The van der Waals surface area contributed by atoms with Gasteiger partial charge in [-0.2, -0.15) is 0 Å². The van der Waals surface area contributed by atoms with Gasteiger partial charge in [-0.15, -0.1) is 0 Å². The Bertz CT molecular complexity index is 853. The quantitative estimate of drug-likeness (QED) is 0.174. The Kier molecular flexibility index (Phi) is 8.83. The maximum absolute atomic E-state index is 12.2. The molecule has 0 saturated heterocycles. The van der Waals surface area contributed by atoms with Crippen molar-refractivity contribution in [2.45, 2.75) is 32.4 Å². The molecule has 160 valence electrons. The first-order chi connectivity index (χ1) is 14.4. The van der Waals surface area contributed by atoms with Crippen molar-refractivity contribution in [3.05, 3.63) is 71.3 Å². The van der Waals surface area contributed by atoms with Crippen LogP contribution in [0.15, 0.2) is 59.8 Å². The highest BCUT2D eigenvalue weighted by Gasteiger charge is 2.15. The van der Waals surface area contributed by atoms with Gasteiger partial charge in [0.1, 0.15) is 6.04 Å². The number of amidine groups is 1. The predicted octanol–water partition coefficient (Wildman–Crippen LogP) is 1.30. The number of nitrogens with one attached hydrogen (secondary N) is 3. The zero-order chi connectivity index (χ0) is 21.9. The Morgan fingerprint density at radius 2 is 1.73 bits per heavy atom. The minimum atomic E-state index is -0.651. The number of rotatable bonds is 10. The number of carbonyl (C=O) groups excluding carboxylic acids is 2. The van der Waals surface area contributed by atoms with Gasteiger partial charge in [0, 0.05) is 18.7 Å². The fourth-order valence-corrected chi connectivity index (χ4v) is 2.85. The summed E-state index contributed by atoms with van der Waals surface area (Å²) in [6.45, 7) is 4.85. The molecule has 2 atom stereocenters. The van der Waals surface area contributed by atoms with Crippen LogP contribution in [-0.4, -0.2) is 42.0 Å². The van der Waals surface area contributed by atoms with E-state index in [-0.39, 0.29) is 30.1 Å². The average molecular weight is 412 g/mol. The number of hydrogen-bond acceptors (Lipinski definition) is 5. The molecule has 0 aromatic heterocycles. The van der Waals surface area contributed by atoms with E-state index in [0.29, 0.717) is 18.7 Å². The van der Waals surface area contributed by atoms with Crippen molar-refractivity contribution in [2.75, 3.05) is 13.1 Å². The van der Waals surface area contributed by atoms with Crippen LogP contribution in [0.3, 0.4) is 0 Å². The zero-order valence-electron chi connectivity index (χ0n) is 17.3. The van der Waals surface area contributed by atoms with Crippen LogP contribution in [0, 0.1) is 0 Å². The lowest BCUT2D eigenvalue weighted by molar-refractivity contribution is -0.128. The SMILES string of the molecule is CC(NC(=O)CNCC(C)c1ccccc1)C(=O)NCc1ccc(/C(N)=N/O)cc1. The molecule has 8 nitrogen and oxygen atoms in total. The topological polar surface area (TPSA) is 129 Å². The number of hydrogen-bond donors (Lipinski definition) is 5. The molecule has 0 fully saturated rings. The molecule has 0 aliphatic carbocycles. The largest absolute Gasteiger partial charge is 0.409 e. The van der Waals surface area contributed by atoms with Gasteiger partial charge >= 0.3 is 0 Å². The Morgan fingerprint density at radius 1 is 1.07 bits per heavy atom. The van der Waals surface area contributed by atoms with Gasteiger partial charge < -0.3 is 26.9 Å². The fourth-order valence-electron chi connectivity index (χ4n) is 2.85. The first-order valence-electron chi connectivity index (χ1n) is 9.80. The van der Waals surface area contributed by atoms with Crippen LogP contribution in [0.2, 0.25) is 0 Å². The Morgan fingerprint density at radius 3 is 2.37 bits per heavy atom. The van der Waals surface area contributed by atoms with Crippen LogP contribution in [0.1, 0.15) is 36.5 Å². The highest BCUT2D eigenvalue weighted by Crippen LogP contribution is 2.12. The molecule has 2 rings (SSSR count). The second-order valence-electron chi connectivity index (χ2n) is 7.13. The standard InChI is InChI=1S/C22H29N5O3/c1-15(18-6-4-3-5-7-18)12-24-14-20(28)26-16(2)22(29)25-13-17-8-10-19(11-9-17)21(23)27-30/h3-11,15-16,24,30H,12-14H2,1-2H3,(H2,23,27)(H,25,29)(H,26,28). The third-order valence-corrected chi connectivity index (χ3v) is 4.70. The summed E-state index contributed by atoms with van der Waals surface area (Å²) in [5.41, 5.74) is 8.16. The number of nitrogens with zero attached hydrogens (tertiary/aromatic N) is 1. The summed E-state index contributed by atoms with van der Waals surface area (Å²) in [7, 11) is 0. The van der Waals surface area contributed by atoms with E-state index < -0.39 is 6.04 Å². The van der Waals surface area contributed by atoms with E-state index in [4.69, 9.17) is 10.9 Å². The van der Waals surface area contributed by atoms with Gasteiger partial charge in [0.15, 0.2) is 5.84 Å². The minimum Gasteiger partial charge on any atom is -0.409 e. The molecular weight excluding hydrogens is 382 g/mol. The molecule has 0 saturated carbocycles. The van der Waals surface area contributed by atoms with Gasteiger partial charge in [0.2, 0.25) is 11.8 Å². The zero-order valence-corrected chi connectivity index (χ0v) is 17.3. The molecule has 2 aromatic carbocycles. The highest BCUT2D eigenvalue weighted by molar-refractivity contribution is 5.97. The monoisotopic (exact) mass is 411 g/mol. The summed E-state index contributed by atoms with van der Waals surface area (Å²) in [5.74, 6) is -0.207. The molecule has 2 amide bonds. The molecule has 2 unspecified atom stereocenters. The van der Waals surface area contributed by atoms with E-state index in [1.165, 1.54) is 5.56 Å². The molecule has 0 aliphatic rings. The average Bonchev–Trinajstić information content (AvgIpc) is 2.77. The molecule has 30 heavy (non-hydrogen) atoms. The number of amides is 2. The highest BCUT2D eigenvalue weighted by atomic mass is 16.4. The lowest BCUT2D eigenvalue weighted by atomic mass is 10.0. The van der Waals surface area contributed by atoms with E-state index in [1.807, 2.05) is 18.2 Å². The van der Waals surface area contributed by atoms with Crippen LogP contribution in [0.25, 0.3) is 0 Å². The van der Waals surface area contributed by atoms with Crippen molar-refractivity contribution in [1.29, 1.82) is 0 Å². The first-order valence-corrected chi connectivity index (χ1v) is 9.80. The number of oxime groups is 1. The van der Waals surface area contributed by atoms with Gasteiger partial charge in [-0.3, -0.25) is 9.59 Å². The Labute approximate surface area is 176 Å². The minimum absolute atomic E-state index is 0.0219. The van der Waals surface area contributed by atoms with Crippen molar-refractivity contribution in [2.24, 2.45) is 10.9 Å². The molecule has 2 aromatic rings. The number of nitrogens with two attached hydrogens (primary N) is 1. The summed E-state index contributed by atoms with van der Waals surface area (Å²) in [4.78, 5) is 24.3. The molecule has 0 spiro atoms. The molecule has 8 heteroatoms. The van der Waals surface area contributed by atoms with Gasteiger partial charge in [-0.25, -0.2) is 0 Å². The van der Waals surface area contributed by atoms with Gasteiger partial charge in [-0.1, -0.05) is 66.7 Å². The molecule has 6 N–H and O–H groups in total. The number of carbonyl (C=O) groups is 2. The summed E-state index contributed by atoms with van der Waals surface area (Å²) in [6.07, 6.45) is 0. The second kappa shape index (κ2) is 11.6. The summed E-state index contributed by atoms with van der Waals surface area (Å²) in [5, 5.41) is 20.2. The van der Waals surface area contributed by atoms with Crippen LogP contribution in [-0.2, 0) is 16.1 Å². The van der Waals surface area contributed by atoms with Crippen molar-refractivity contribution in [1.82, 2.24) is 16.0 Å². The van der Waals surface area contributed by atoms with E-state index in [1.54, 1.807) is 31.2 Å². The van der Waals surface area contributed by atoms with Crippen LogP contribution in [0.4, 0.5) is 0 Å². The van der Waals surface area contributed by atoms with Gasteiger partial charge in [-0.05, 0) is 24.0 Å². The summed E-state index contributed by atoms with van der Waals surface area (Å²) in [6, 6.07) is 16.4. The molecule has 0 bridgehead atoms. The summed E-state index contributed by atoms with van der Waals surface area (Å²) >= 11 is 0. The van der Waals surface area contributed by atoms with E-state index in [0.717, 1.165) is 5.56 Å². The molecular formula is C22H29N5O3. The van der Waals surface area contributed by atoms with Crippen molar-refractivity contribution < 1.29 is 14.8 Å². The van der Waals surface area contributed by atoms with Crippen molar-refractivity contribution in [3.63, 3.8) is 0 Å². The van der Waals surface area contributed by atoms with E-state index in [9.17, 15) is 9.59 Å². The second-order valence-corrected chi connectivity index (χ2v) is 7.13. The predicted molar refractivity (Wildman–Crippen MR) is 116 cm³/mol. The maximum atomic E-state index is 12.2. The van der Waals surface area contributed by atoms with E-state index >= 15 is 0 Å². The lowest BCUT2D eigenvalue weighted by Gasteiger charge is -2.16.